The van der Waals surface area contributed by atoms with Gasteiger partial charge in [-0.2, -0.15) is 0 Å². The van der Waals surface area contributed by atoms with Crippen LogP contribution in [0.1, 0.15) is 50.5 Å². The fraction of sp³-hybridized carbons (Fsp3) is 0.242. The maximum absolute atomic E-state index is 12.6. The van der Waals surface area contributed by atoms with Crippen molar-refractivity contribution in [2.24, 2.45) is 4.99 Å². The molecule has 0 aliphatic rings. The molecule has 41 heavy (non-hydrogen) atoms. The number of aryl methyl sites for hydroxylation is 1. The minimum absolute atomic E-state index is 0.595. The van der Waals surface area contributed by atoms with Gasteiger partial charge >= 0.3 is 5.97 Å². The van der Waals surface area contributed by atoms with Crippen LogP contribution in [0, 0.1) is 6.92 Å². The van der Waals surface area contributed by atoms with Crippen molar-refractivity contribution in [3.8, 4) is 21.7 Å². The number of aliphatic carboxylic acids is 1. The molecule has 1 N–H and O–H groups in total. The van der Waals surface area contributed by atoms with Gasteiger partial charge in [-0.25, -0.2) is 9.78 Å². The predicted octanol–water partition coefficient (Wildman–Crippen LogP) is 9.12. The van der Waals surface area contributed by atoms with E-state index in [9.17, 15) is 9.90 Å². The summed E-state index contributed by atoms with van der Waals surface area (Å²) in [4.78, 5) is 21.6. The quantitative estimate of drug-likeness (QED) is 0.120. The topological polar surface area (TPSA) is 81.0 Å². The Morgan fingerprint density at radius 2 is 1.85 bits per heavy atom. The monoisotopic (exact) mass is 588 g/mol. The summed E-state index contributed by atoms with van der Waals surface area (Å²) in [7, 11) is 1.62. The summed E-state index contributed by atoms with van der Waals surface area (Å²) in [5, 5.41) is 11.7. The lowest BCUT2D eigenvalue weighted by Gasteiger charge is -2.28. The van der Waals surface area contributed by atoms with Crippen LogP contribution in [0.5, 0.6) is 0 Å². The van der Waals surface area contributed by atoms with Crippen LogP contribution in [-0.4, -0.2) is 35.5 Å². The molecule has 0 aliphatic carbocycles. The molecule has 0 saturated heterocycles. The van der Waals surface area contributed by atoms with E-state index in [1.54, 1.807) is 25.4 Å². The molecule has 1 unspecified atom stereocenters. The first-order chi connectivity index (χ1) is 19.4. The third-order valence-corrected chi connectivity index (χ3v) is 7.76. The van der Waals surface area contributed by atoms with Crippen LogP contribution in [-0.2, 0) is 14.3 Å². The molecule has 1 aromatic heterocycles. The average molecular weight is 589 g/mol. The molecule has 3 aromatic carbocycles. The Labute approximate surface area is 249 Å². The van der Waals surface area contributed by atoms with Crippen LogP contribution in [0.25, 0.3) is 37.5 Å². The van der Waals surface area contributed by atoms with Crippen molar-refractivity contribution in [2.75, 3.05) is 7.11 Å². The molecule has 4 aromatic rings. The summed E-state index contributed by atoms with van der Waals surface area (Å²) >= 11 is 7.73. The van der Waals surface area contributed by atoms with Crippen molar-refractivity contribution in [1.82, 2.24) is 4.98 Å². The summed E-state index contributed by atoms with van der Waals surface area (Å²) in [5.74, 6) is -0.309. The van der Waals surface area contributed by atoms with Crippen LogP contribution < -0.4 is 0 Å². The zero-order valence-electron chi connectivity index (χ0n) is 24.0. The standard InChI is InChI=1S/C33H33ClN2O4S/c1-19-15-26-30(28(21-11-13-25(34)14-12-21)27(19)29(32(37)38)40-33(3,4)5)41-31(36-26)23-10-8-9-22(17-23)24(18-35-6)16-20(2)39-7/h8-18,29H,6H2,1-5,7H3,(H,37,38). The van der Waals surface area contributed by atoms with E-state index in [1.807, 2.05) is 83.2 Å². The van der Waals surface area contributed by atoms with Crippen molar-refractivity contribution in [1.29, 1.82) is 0 Å². The third-order valence-electron chi connectivity index (χ3n) is 6.37. The number of hydrogen-bond acceptors (Lipinski definition) is 6. The second kappa shape index (κ2) is 12.4. The summed E-state index contributed by atoms with van der Waals surface area (Å²) in [6.45, 7) is 12.9. The number of carboxylic acids is 1. The van der Waals surface area contributed by atoms with E-state index in [0.717, 1.165) is 54.4 Å². The fourth-order valence-electron chi connectivity index (χ4n) is 4.57. The number of ether oxygens (including phenoxy) is 2. The lowest BCUT2D eigenvalue weighted by molar-refractivity contribution is -0.160. The first-order valence-corrected chi connectivity index (χ1v) is 14.2. The SMILES string of the molecule is C=NC=C(C=C(C)OC)c1cccc(-c2nc3cc(C)c(C(OC(C)(C)C)C(=O)O)c(-c4ccc(Cl)cc4)c3s2)c1. The summed E-state index contributed by atoms with van der Waals surface area (Å²) in [6, 6.07) is 17.4. The summed E-state index contributed by atoms with van der Waals surface area (Å²) in [5.41, 5.74) is 5.82. The number of hydrogen-bond donors (Lipinski definition) is 1. The molecule has 8 heteroatoms. The molecule has 0 aliphatic heterocycles. The van der Waals surface area contributed by atoms with Gasteiger partial charge in [-0.15, -0.1) is 11.3 Å². The maximum Gasteiger partial charge on any atom is 0.337 e. The molecule has 4 rings (SSSR count). The molecule has 6 nitrogen and oxygen atoms in total. The van der Waals surface area contributed by atoms with Crippen LogP contribution in [0.15, 0.2) is 77.6 Å². The fourth-order valence-corrected chi connectivity index (χ4v) is 5.81. The van der Waals surface area contributed by atoms with Crippen LogP contribution >= 0.6 is 22.9 Å². The van der Waals surface area contributed by atoms with E-state index in [1.165, 1.54) is 11.3 Å². The Hall–Kier alpha value is -3.78. The summed E-state index contributed by atoms with van der Waals surface area (Å²) in [6.07, 6.45) is 2.42. The average Bonchev–Trinajstić information content (AvgIpc) is 3.34. The number of allylic oxidation sites excluding steroid dienone is 3. The van der Waals surface area contributed by atoms with Gasteiger partial charge in [-0.1, -0.05) is 41.9 Å². The first kappa shape index (κ1) is 30.2. The van der Waals surface area contributed by atoms with Gasteiger partial charge in [0.2, 0.25) is 0 Å². The lowest BCUT2D eigenvalue weighted by Crippen LogP contribution is -2.28. The van der Waals surface area contributed by atoms with Gasteiger partial charge in [0.25, 0.3) is 0 Å². The van der Waals surface area contributed by atoms with Gasteiger partial charge in [0.05, 0.1) is 28.7 Å². The van der Waals surface area contributed by atoms with Crippen molar-refractivity contribution < 1.29 is 19.4 Å². The normalized spacial score (nSPS) is 13.3. The first-order valence-electron chi connectivity index (χ1n) is 13.0. The molecular weight excluding hydrogens is 556 g/mol. The van der Waals surface area contributed by atoms with Gasteiger partial charge in [0.1, 0.15) is 5.01 Å². The molecule has 0 saturated carbocycles. The number of carboxylic acid groups (broad SMARTS) is 1. The molecule has 0 radical (unpaired) electrons. The van der Waals surface area contributed by atoms with Crippen molar-refractivity contribution >= 4 is 51.4 Å². The van der Waals surface area contributed by atoms with E-state index >= 15 is 0 Å². The molecule has 1 heterocycles. The maximum atomic E-state index is 12.6. The number of fused-ring (bicyclic) bond motifs is 1. The Kier molecular flexibility index (Phi) is 9.12. The van der Waals surface area contributed by atoms with E-state index in [0.29, 0.717) is 10.6 Å². The number of methoxy groups -OCH3 is 1. The molecule has 0 bridgehead atoms. The molecule has 0 amide bonds. The van der Waals surface area contributed by atoms with E-state index in [-0.39, 0.29) is 0 Å². The Bertz CT molecular complexity index is 1660. The number of aromatic nitrogens is 1. The number of nitrogens with zero attached hydrogens (tertiary/aromatic N) is 2. The Morgan fingerprint density at radius 3 is 2.46 bits per heavy atom. The van der Waals surface area contributed by atoms with Crippen molar-refractivity contribution in [3.05, 3.63) is 94.3 Å². The van der Waals surface area contributed by atoms with Crippen molar-refractivity contribution in [2.45, 2.75) is 46.3 Å². The molecule has 0 fully saturated rings. The number of rotatable bonds is 9. The zero-order valence-corrected chi connectivity index (χ0v) is 25.6. The number of benzene rings is 3. The number of carbonyl (C=O) groups is 1. The third kappa shape index (κ3) is 6.93. The minimum atomic E-state index is -1.17. The van der Waals surface area contributed by atoms with Gasteiger partial charge in [-0.3, -0.25) is 4.99 Å². The highest BCUT2D eigenvalue weighted by Gasteiger charge is 2.32. The highest BCUT2D eigenvalue weighted by atomic mass is 35.5. The molecule has 212 valence electrons. The number of halogens is 1. The lowest BCUT2D eigenvalue weighted by atomic mass is 9.91. The second-order valence-corrected chi connectivity index (χ2v) is 12.0. The highest BCUT2D eigenvalue weighted by molar-refractivity contribution is 7.22. The molecule has 1 atom stereocenters. The molecular formula is C33H33ClN2O4S. The van der Waals surface area contributed by atoms with Gasteiger partial charge < -0.3 is 14.6 Å². The molecule has 0 spiro atoms. The predicted molar refractivity (Wildman–Crippen MR) is 170 cm³/mol. The Morgan fingerprint density at radius 1 is 1.15 bits per heavy atom. The number of thiazole rings is 1. The van der Waals surface area contributed by atoms with Crippen molar-refractivity contribution in [3.63, 3.8) is 0 Å². The van der Waals surface area contributed by atoms with Gasteiger partial charge in [0, 0.05) is 33.5 Å². The van der Waals surface area contributed by atoms with Crippen LogP contribution in [0.3, 0.4) is 0 Å². The minimum Gasteiger partial charge on any atom is -0.501 e. The second-order valence-electron chi connectivity index (χ2n) is 10.6. The van der Waals surface area contributed by atoms with Gasteiger partial charge in [0.15, 0.2) is 6.10 Å². The zero-order chi connectivity index (χ0) is 29.9. The smallest absolute Gasteiger partial charge is 0.337 e. The number of aliphatic imine (C=N–C) groups is 1. The van der Waals surface area contributed by atoms with Crippen LogP contribution in [0.2, 0.25) is 5.02 Å². The van der Waals surface area contributed by atoms with Gasteiger partial charge in [-0.05, 0) is 88.4 Å². The summed E-state index contributed by atoms with van der Waals surface area (Å²) < 4.78 is 12.3. The van der Waals surface area contributed by atoms with E-state index in [4.69, 9.17) is 26.1 Å². The van der Waals surface area contributed by atoms with Crippen LogP contribution in [0.4, 0.5) is 0 Å². The van der Waals surface area contributed by atoms with E-state index < -0.39 is 17.7 Å². The highest BCUT2D eigenvalue weighted by Crippen LogP contribution is 2.44. The van der Waals surface area contributed by atoms with E-state index in [2.05, 4.69) is 11.7 Å². The Balaban J connectivity index is 1.97. The largest absolute Gasteiger partial charge is 0.501 e.